The largest absolute Gasteiger partial charge is 0.324 e. The molecular weight excluding hydrogens is 326 g/mol. The molecule has 3 N–H and O–H groups in total. The summed E-state index contributed by atoms with van der Waals surface area (Å²) in [6, 6.07) is 26.5. The van der Waals surface area contributed by atoms with E-state index in [1.165, 1.54) is 0 Å². The normalized spacial score (nSPS) is 11.4. The maximum absolute atomic E-state index is 12.7. The highest BCUT2D eigenvalue weighted by Gasteiger charge is 2.21. The van der Waals surface area contributed by atoms with Crippen molar-refractivity contribution < 1.29 is 9.59 Å². The van der Waals surface area contributed by atoms with Crippen LogP contribution in [0.3, 0.4) is 0 Å². The molecule has 5 heteroatoms. The van der Waals surface area contributed by atoms with Gasteiger partial charge < -0.3 is 5.32 Å². The van der Waals surface area contributed by atoms with Gasteiger partial charge in [0.05, 0.1) is 0 Å². The minimum absolute atomic E-state index is 0.268. The first kappa shape index (κ1) is 17.4. The van der Waals surface area contributed by atoms with Crippen LogP contribution >= 0.6 is 0 Å². The Bertz CT molecular complexity index is 852. The van der Waals surface area contributed by atoms with E-state index in [-0.39, 0.29) is 11.8 Å². The lowest BCUT2D eigenvalue weighted by Gasteiger charge is -2.19. The molecule has 0 saturated heterocycles. The minimum atomic E-state index is -0.732. The molecule has 3 rings (SSSR count). The van der Waals surface area contributed by atoms with Crippen LogP contribution in [0.15, 0.2) is 91.0 Å². The highest BCUT2D eigenvalue weighted by atomic mass is 16.2. The van der Waals surface area contributed by atoms with Gasteiger partial charge in [0, 0.05) is 11.3 Å². The number of hydrogen-bond donors (Lipinski definition) is 3. The zero-order chi connectivity index (χ0) is 18.2. The van der Waals surface area contributed by atoms with Crippen LogP contribution in [0.4, 0.5) is 5.69 Å². The molecule has 2 amide bonds. The smallest absolute Gasteiger partial charge is 0.265 e. The highest BCUT2D eigenvalue weighted by molar-refractivity contribution is 5.97. The van der Waals surface area contributed by atoms with Crippen LogP contribution in [0.1, 0.15) is 22.0 Å². The summed E-state index contributed by atoms with van der Waals surface area (Å²) in [5.41, 5.74) is 7.40. The van der Waals surface area contributed by atoms with E-state index in [1.54, 1.807) is 24.3 Å². The maximum atomic E-state index is 12.7. The van der Waals surface area contributed by atoms with Gasteiger partial charge in [-0.1, -0.05) is 66.7 Å². The van der Waals surface area contributed by atoms with Gasteiger partial charge in [-0.15, -0.1) is 0 Å². The zero-order valence-corrected chi connectivity index (χ0v) is 14.1. The van der Waals surface area contributed by atoms with Gasteiger partial charge in [0.1, 0.15) is 6.04 Å². The summed E-state index contributed by atoms with van der Waals surface area (Å²) < 4.78 is 0. The molecular formula is C21H19N3O2. The Morgan fingerprint density at radius 2 is 1.23 bits per heavy atom. The fourth-order valence-corrected chi connectivity index (χ4v) is 2.48. The van der Waals surface area contributed by atoms with Gasteiger partial charge in [-0.3, -0.25) is 15.0 Å². The number of hydrazine groups is 1. The Balaban J connectivity index is 1.73. The van der Waals surface area contributed by atoms with E-state index in [2.05, 4.69) is 16.2 Å². The SMILES string of the molecule is O=C(NN[C@@H](C(=O)Nc1ccccc1)c1ccccc1)c1ccccc1. The summed E-state index contributed by atoms with van der Waals surface area (Å²) in [6.07, 6.45) is 0. The molecule has 3 aromatic rings. The lowest BCUT2D eigenvalue weighted by atomic mass is 10.1. The van der Waals surface area contributed by atoms with Crippen molar-refractivity contribution in [1.29, 1.82) is 0 Å². The molecule has 5 nitrogen and oxygen atoms in total. The number of para-hydroxylation sites is 1. The van der Waals surface area contributed by atoms with Crippen LogP contribution in [0.2, 0.25) is 0 Å². The molecule has 0 aliphatic heterocycles. The highest BCUT2D eigenvalue weighted by Crippen LogP contribution is 2.15. The number of rotatable bonds is 6. The number of benzene rings is 3. The third kappa shape index (κ3) is 4.55. The number of amides is 2. The first-order valence-corrected chi connectivity index (χ1v) is 8.26. The van der Waals surface area contributed by atoms with Crippen molar-refractivity contribution in [3.8, 4) is 0 Å². The zero-order valence-electron chi connectivity index (χ0n) is 14.1. The second kappa shape index (κ2) is 8.60. The molecule has 0 bridgehead atoms. The van der Waals surface area contributed by atoms with Gasteiger partial charge in [-0.25, -0.2) is 5.43 Å². The Labute approximate surface area is 152 Å². The van der Waals surface area contributed by atoms with Crippen molar-refractivity contribution >= 4 is 17.5 Å². The van der Waals surface area contributed by atoms with Crippen LogP contribution in [-0.4, -0.2) is 11.8 Å². The molecule has 0 aromatic heterocycles. The Morgan fingerprint density at radius 1 is 0.692 bits per heavy atom. The second-order valence-corrected chi connectivity index (χ2v) is 5.66. The summed E-state index contributed by atoms with van der Waals surface area (Å²) >= 11 is 0. The Hall–Kier alpha value is -3.44. The number of anilines is 1. The average molecular weight is 345 g/mol. The molecule has 26 heavy (non-hydrogen) atoms. The lowest BCUT2D eigenvalue weighted by Crippen LogP contribution is -2.44. The monoisotopic (exact) mass is 345 g/mol. The average Bonchev–Trinajstić information content (AvgIpc) is 2.70. The fourth-order valence-electron chi connectivity index (χ4n) is 2.48. The summed E-state index contributed by atoms with van der Waals surface area (Å²) in [6.45, 7) is 0. The Kier molecular flexibility index (Phi) is 5.75. The van der Waals surface area contributed by atoms with Gasteiger partial charge in [0.25, 0.3) is 5.91 Å². The van der Waals surface area contributed by atoms with Crippen molar-refractivity contribution in [2.75, 3.05) is 5.32 Å². The lowest BCUT2D eigenvalue weighted by molar-refractivity contribution is -0.118. The molecule has 130 valence electrons. The van der Waals surface area contributed by atoms with Gasteiger partial charge >= 0.3 is 0 Å². The predicted octanol–water partition coefficient (Wildman–Crippen LogP) is 3.30. The van der Waals surface area contributed by atoms with Crippen molar-refractivity contribution in [3.63, 3.8) is 0 Å². The second-order valence-electron chi connectivity index (χ2n) is 5.66. The van der Waals surface area contributed by atoms with Crippen molar-refractivity contribution in [2.24, 2.45) is 0 Å². The minimum Gasteiger partial charge on any atom is -0.324 e. The molecule has 0 heterocycles. The van der Waals surface area contributed by atoms with Crippen molar-refractivity contribution in [3.05, 3.63) is 102 Å². The van der Waals surface area contributed by atoms with E-state index >= 15 is 0 Å². The first-order chi connectivity index (χ1) is 12.7. The predicted molar refractivity (Wildman–Crippen MR) is 101 cm³/mol. The summed E-state index contributed by atoms with van der Waals surface area (Å²) in [5.74, 6) is -0.574. The quantitative estimate of drug-likeness (QED) is 0.600. The summed E-state index contributed by atoms with van der Waals surface area (Å²) in [4.78, 5) is 25.0. The topological polar surface area (TPSA) is 70.2 Å². The molecule has 0 aliphatic carbocycles. The van der Waals surface area contributed by atoms with E-state index in [1.807, 2.05) is 66.7 Å². The molecule has 0 spiro atoms. The number of hydrogen-bond acceptors (Lipinski definition) is 3. The van der Waals surface area contributed by atoms with Crippen LogP contribution in [0.5, 0.6) is 0 Å². The van der Waals surface area contributed by atoms with E-state index in [0.29, 0.717) is 11.3 Å². The fraction of sp³-hybridized carbons (Fsp3) is 0.0476. The van der Waals surface area contributed by atoms with E-state index < -0.39 is 6.04 Å². The third-order valence-corrected chi connectivity index (χ3v) is 3.80. The molecule has 0 radical (unpaired) electrons. The van der Waals surface area contributed by atoms with Crippen molar-refractivity contribution in [1.82, 2.24) is 10.9 Å². The first-order valence-electron chi connectivity index (χ1n) is 8.26. The van der Waals surface area contributed by atoms with E-state index in [9.17, 15) is 9.59 Å². The standard InChI is InChI=1S/C21H19N3O2/c25-20(17-12-6-2-7-13-17)24-23-19(16-10-4-1-5-11-16)21(26)22-18-14-8-3-9-15-18/h1-15,19,23H,(H,22,26)(H,24,25)/t19-/m1/s1. The number of nitrogens with one attached hydrogen (secondary N) is 3. The van der Waals surface area contributed by atoms with E-state index in [0.717, 1.165) is 5.56 Å². The van der Waals surface area contributed by atoms with Gasteiger partial charge in [0.15, 0.2) is 0 Å². The van der Waals surface area contributed by atoms with Crippen molar-refractivity contribution in [2.45, 2.75) is 6.04 Å². The molecule has 0 unspecified atom stereocenters. The summed E-state index contributed by atoms with van der Waals surface area (Å²) in [5, 5.41) is 2.85. The van der Waals surface area contributed by atoms with Gasteiger partial charge in [0.2, 0.25) is 5.91 Å². The summed E-state index contributed by atoms with van der Waals surface area (Å²) in [7, 11) is 0. The number of carbonyl (C=O) groups is 2. The van der Waals surface area contributed by atoms with Crippen LogP contribution in [0, 0.1) is 0 Å². The van der Waals surface area contributed by atoms with Gasteiger partial charge in [-0.05, 0) is 29.8 Å². The van der Waals surface area contributed by atoms with E-state index in [4.69, 9.17) is 0 Å². The van der Waals surface area contributed by atoms with Gasteiger partial charge in [-0.2, -0.15) is 0 Å². The van der Waals surface area contributed by atoms with Crippen LogP contribution in [-0.2, 0) is 4.79 Å². The van der Waals surface area contributed by atoms with Crippen LogP contribution < -0.4 is 16.2 Å². The van der Waals surface area contributed by atoms with Crippen LogP contribution in [0.25, 0.3) is 0 Å². The Morgan fingerprint density at radius 3 is 1.85 bits per heavy atom. The number of carbonyl (C=O) groups excluding carboxylic acids is 2. The molecule has 0 aliphatic rings. The molecule has 0 saturated carbocycles. The molecule has 0 fully saturated rings. The molecule has 3 aromatic carbocycles. The third-order valence-electron chi connectivity index (χ3n) is 3.80. The molecule has 1 atom stereocenters. The maximum Gasteiger partial charge on any atom is 0.265 e.